The molecule has 0 atom stereocenters. The summed E-state index contributed by atoms with van der Waals surface area (Å²) in [6.07, 6.45) is 0. The van der Waals surface area contributed by atoms with Crippen molar-refractivity contribution in [3.8, 4) is 0 Å². The molecule has 0 aliphatic carbocycles. The van der Waals surface area contributed by atoms with E-state index in [1.165, 1.54) is 6.07 Å². The highest BCUT2D eigenvalue weighted by atomic mass is 16.5. The number of aromatic carboxylic acids is 1. The van der Waals surface area contributed by atoms with Gasteiger partial charge < -0.3 is 14.9 Å². The van der Waals surface area contributed by atoms with E-state index in [-0.39, 0.29) is 5.56 Å². The van der Waals surface area contributed by atoms with Gasteiger partial charge in [-0.05, 0) is 25.1 Å². The zero-order valence-electron chi connectivity index (χ0n) is 9.17. The molecule has 0 saturated carbocycles. The lowest BCUT2D eigenvalue weighted by molar-refractivity contribution is 0.0697. The van der Waals surface area contributed by atoms with Gasteiger partial charge in [0.1, 0.15) is 0 Å². The third-order valence-electron chi connectivity index (χ3n) is 2.12. The summed E-state index contributed by atoms with van der Waals surface area (Å²) in [7, 11) is 0. The highest BCUT2D eigenvalue weighted by Gasteiger charge is 2.05. The van der Waals surface area contributed by atoms with Crippen LogP contribution in [0.15, 0.2) is 28.8 Å². The van der Waals surface area contributed by atoms with E-state index in [2.05, 4.69) is 15.5 Å². The van der Waals surface area contributed by atoms with E-state index in [0.29, 0.717) is 23.9 Å². The van der Waals surface area contributed by atoms with Crippen molar-refractivity contribution in [3.05, 3.63) is 41.5 Å². The molecule has 2 aromatic rings. The maximum Gasteiger partial charge on any atom is 0.335 e. The fraction of sp³-hybridized carbons (Fsp3) is 0.182. The summed E-state index contributed by atoms with van der Waals surface area (Å²) in [6.45, 7) is 2.10. The minimum Gasteiger partial charge on any atom is -0.478 e. The molecule has 2 rings (SSSR count). The fourth-order valence-corrected chi connectivity index (χ4v) is 1.35. The SMILES string of the molecule is Cc1noc(CNc2cccc(C(=O)O)c2)n1. The van der Waals surface area contributed by atoms with Gasteiger partial charge in [0, 0.05) is 5.69 Å². The molecule has 0 aliphatic rings. The van der Waals surface area contributed by atoms with E-state index in [0.717, 1.165) is 0 Å². The Bertz CT molecular complexity index is 536. The molecule has 1 aromatic carbocycles. The number of hydrogen-bond donors (Lipinski definition) is 2. The number of carboxylic acid groups (broad SMARTS) is 1. The minimum absolute atomic E-state index is 0.233. The molecule has 1 aromatic heterocycles. The second-order valence-electron chi connectivity index (χ2n) is 3.47. The normalized spacial score (nSPS) is 10.2. The van der Waals surface area contributed by atoms with Crippen LogP contribution in [0.4, 0.5) is 5.69 Å². The topological polar surface area (TPSA) is 88.2 Å². The lowest BCUT2D eigenvalue weighted by atomic mass is 10.2. The van der Waals surface area contributed by atoms with Crippen molar-refractivity contribution in [1.29, 1.82) is 0 Å². The van der Waals surface area contributed by atoms with E-state index in [1.807, 2.05) is 0 Å². The summed E-state index contributed by atoms with van der Waals surface area (Å²) in [6, 6.07) is 6.52. The Balaban J connectivity index is 2.04. The Morgan fingerprint density at radius 3 is 3.00 bits per heavy atom. The maximum atomic E-state index is 10.8. The van der Waals surface area contributed by atoms with Crippen LogP contribution >= 0.6 is 0 Å². The van der Waals surface area contributed by atoms with E-state index >= 15 is 0 Å². The Kier molecular flexibility index (Phi) is 3.04. The van der Waals surface area contributed by atoms with Crippen LogP contribution in [0.25, 0.3) is 0 Å². The van der Waals surface area contributed by atoms with Crippen molar-refractivity contribution >= 4 is 11.7 Å². The van der Waals surface area contributed by atoms with Crippen LogP contribution in [0.3, 0.4) is 0 Å². The Morgan fingerprint density at radius 2 is 2.35 bits per heavy atom. The summed E-state index contributed by atoms with van der Waals surface area (Å²) in [5.74, 6) is 0.0756. The average molecular weight is 233 g/mol. The van der Waals surface area contributed by atoms with Gasteiger partial charge in [-0.2, -0.15) is 4.98 Å². The van der Waals surface area contributed by atoms with Gasteiger partial charge in [0.2, 0.25) is 5.89 Å². The number of aromatic nitrogens is 2. The van der Waals surface area contributed by atoms with E-state index in [1.54, 1.807) is 25.1 Å². The van der Waals surface area contributed by atoms with Crippen LogP contribution in [0.1, 0.15) is 22.1 Å². The van der Waals surface area contributed by atoms with Gasteiger partial charge in [-0.3, -0.25) is 0 Å². The lowest BCUT2D eigenvalue weighted by Gasteiger charge is -2.03. The summed E-state index contributed by atoms with van der Waals surface area (Å²) in [5.41, 5.74) is 0.928. The number of nitrogens with zero attached hydrogens (tertiary/aromatic N) is 2. The molecule has 0 radical (unpaired) electrons. The van der Waals surface area contributed by atoms with Crippen LogP contribution < -0.4 is 5.32 Å². The smallest absolute Gasteiger partial charge is 0.335 e. The average Bonchev–Trinajstić information content (AvgIpc) is 2.73. The molecule has 0 bridgehead atoms. The summed E-state index contributed by atoms with van der Waals surface area (Å²) in [5, 5.41) is 15.5. The standard InChI is InChI=1S/C11H11N3O3/c1-7-13-10(17-14-7)6-12-9-4-2-3-8(5-9)11(15)16/h2-5,12H,6H2,1H3,(H,15,16). The Hall–Kier alpha value is -2.37. The quantitative estimate of drug-likeness (QED) is 0.835. The molecule has 1 heterocycles. The van der Waals surface area contributed by atoms with E-state index in [9.17, 15) is 4.79 Å². The molecule has 6 nitrogen and oxygen atoms in total. The van der Waals surface area contributed by atoms with Crippen molar-refractivity contribution in [1.82, 2.24) is 10.1 Å². The number of anilines is 1. The van der Waals surface area contributed by atoms with Gasteiger partial charge in [0.25, 0.3) is 0 Å². The minimum atomic E-state index is -0.956. The first-order chi connectivity index (χ1) is 8.15. The van der Waals surface area contributed by atoms with Gasteiger partial charge in [0.15, 0.2) is 5.82 Å². The first-order valence-corrected chi connectivity index (χ1v) is 5.01. The van der Waals surface area contributed by atoms with Gasteiger partial charge in [-0.25, -0.2) is 4.79 Å². The highest BCUT2D eigenvalue weighted by molar-refractivity contribution is 5.88. The zero-order valence-corrected chi connectivity index (χ0v) is 9.17. The van der Waals surface area contributed by atoms with Crippen LogP contribution in [-0.4, -0.2) is 21.2 Å². The van der Waals surface area contributed by atoms with Gasteiger partial charge >= 0.3 is 5.97 Å². The second kappa shape index (κ2) is 4.65. The van der Waals surface area contributed by atoms with Crippen molar-refractivity contribution in [3.63, 3.8) is 0 Å². The number of nitrogens with one attached hydrogen (secondary N) is 1. The first-order valence-electron chi connectivity index (χ1n) is 5.01. The molecule has 0 spiro atoms. The van der Waals surface area contributed by atoms with Crippen LogP contribution in [-0.2, 0) is 6.54 Å². The fourth-order valence-electron chi connectivity index (χ4n) is 1.35. The van der Waals surface area contributed by atoms with Crippen LogP contribution in [0.2, 0.25) is 0 Å². The molecule has 0 saturated heterocycles. The van der Waals surface area contributed by atoms with Crippen molar-refractivity contribution in [2.24, 2.45) is 0 Å². The molecule has 6 heteroatoms. The molecule has 0 unspecified atom stereocenters. The molecule has 0 amide bonds. The van der Waals surface area contributed by atoms with Crippen LogP contribution in [0, 0.1) is 6.92 Å². The number of benzene rings is 1. The lowest BCUT2D eigenvalue weighted by Crippen LogP contribution is -2.02. The van der Waals surface area contributed by atoms with Gasteiger partial charge in [-0.1, -0.05) is 11.2 Å². The summed E-state index contributed by atoms with van der Waals surface area (Å²) >= 11 is 0. The van der Waals surface area contributed by atoms with Crippen LogP contribution in [0.5, 0.6) is 0 Å². The number of carboxylic acids is 1. The number of hydrogen-bond acceptors (Lipinski definition) is 5. The van der Waals surface area contributed by atoms with Crippen molar-refractivity contribution < 1.29 is 14.4 Å². The second-order valence-corrected chi connectivity index (χ2v) is 3.47. The van der Waals surface area contributed by atoms with Gasteiger partial charge in [0.05, 0.1) is 12.1 Å². The Labute approximate surface area is 97.3 Å². The predicted molar refractivity (Wildman–Crippen MR) is 59.8 cm³/mol. The van der Waals surface area contributed by atoms with Crippen molar-refractivity contribution in [2.75, 3.05) is 5.32 Å². The molecule has 0 aliphatic heterocycles. The third kappa shape index (κ3) is 2.81. The van der Waals surface area contributed by atoms with Crippen molar-refractivity contribution in [2.45, 2.75) is 13.5 Å². The largest absolute Gasteiger partial charge is 0.478 e. The highest BCUT2D eigenvalue weighted by Crippen LogP contribution is 2.11. The molecule has 0 fully saturated rings. The predicted octanol–water partition coefficient (Wildman–Crippen LogP) is 1.69. The zero-order chi connectivity index (χ0) is 12.3. The summed E-state index contributed by atoms with van der Waals surface area (Å²) in [4.78, 5) is 14.8. The van der Waals surface area contributed by atoms with E-state index < -0.39 is 5.97 Å². The number of rotatable bonds is 4. The summed E-state index contributed by atoms with van der Waals surface area (Å²) < 4.78 is 4.92. The maximum absolute atomic E-state index is 10.8. The number of aryl methyl sites for hydroxylation is 1. The van der Waals surface area contributed by atoms with E-state index in [4.69, 9.17) is 9.63 Å². The molecule has 2 N–H and O–H groups in total. The first kappa shape index (κ1) is 11.1. The molecular formula is C11H11N3O3. The monoisotopic (exact) mass is 233 g/mol. The molecule has 88 valence electrons. The number of carbonyl (C=O) groups is 1. The third-order valence-corrected chi connectivity index (χ3v) is 2.12. The van der Waals surface area contributed by atoms with Gasteiger partial charge in [-0.15, -0.1) is 0 Å². The molecule has 17 heavy (non-hydrogen) atoms. The molecular weight excluding hydrogens is 222 g/mol. The Morgan fingerprint density at radius 1 is 1.53 bits per heavy atom.